The minimum atomic E-state index is -0.322. The van der Waals surface area contributed by atoms with E-state index in [9.17, 15) is 9.59 Å². The molecule has 0 saturated heterocycles. The highest BCUT2D eigenvalue weighted by atomic mass is 16.5. The molecule has 0 fully saturated rings. The first-order chi connectivity index (χ1) is 13.6. The molecule has 8 nitrogen and oxygen atoms in total. The lowest BCUT2D eigenvalue weighted by Crippen LogP contribution is -2.24. The second kappa shape index (κ2) is 8.81. The van der Waals surface area contributed by atoms with E-state index in [0.29, 0.717) is 30.2 Å². The molecular formula is C20H21N5O3. The standard InChI is InChI=1S/C20H21N5O3/c1-3-28-17-13-23-25(2)20(27)18(17)24-16-8-4-7-15(10-16)19(26)22-12-14-6-5-9-21-11-14/h4-11,13,24H,3,12H2,1-2H3,(H,22,26). The van der Waals surface area contributed by atoms with E-state index in [1.165, 1.54) is 10.9 Å². The fraction of sp³-hybridized carbons (Fsp3) is 0.200. The lowest BCUT2D eigenvalue weighted by atomic mass is 10.1. The Balaban J connectivity index is 1.78. The average molecular weight is 379 g/mol. The minimum Gasteiger partial charge on any atom is -0.490 e. The summed E-state index contributed by atoms with van der Waals surface area (Å²) in [5.74, 6) is 0.136. The van der Waals surface area contributed by atoms with Crippen molar-refractivity contribution < 1.29 is 9.53 Å². The van der Waals surface area contributed by atoms with Crippen LogP contribution in [0, 0.1) is 0 Å². The van der Waals surface area contributed by atoms with E-state index in [-0.39, 0.29) is 17.2 Å². The number of aromatic nitrogens is 3. The number of hydrogen-bond acceptors (Lipinski definition) is 6. The van der Waals surface area contributed by atoms with Crippen molar-refractivity contribution in [3.63, 3.8) is 0 Å². The zero-order chi connectivity index (χ0) is 19.9. The number of nitrogens with zero attached hydrogens (tertiary/aromatic N) is 3. The van der Waals surface area contributed by atoms with Crippen molar-refractivity contribution in [3.05, 3.63) is 76.5 Å². The van der Waals surface area contributed by atoms with Crippen LogP contribution < -0.4 is 20.9 Å². The SMILES string of the molecule is CCOc1cnn(C)c(=O)c1Nc1cccc(C(=O)NCc2cccnc2)c1. The normalized spacial score (nSPS) is 10.4. The summed E-state index contributed by atoms with van der Waals surface area (Å²) in [5, 5.41) is 9.87. The fourth-order valence-corrected chi connectivity index (χ4v) is 2.57. The van der Waals surface area contributed by atoms with Crippen molar-refractivity contribution in [2.75, 3.05) is 11.9 Å². The summed E-state index contributed by atoms with van der Waals surface area (Å²) < 4.78 is 6.70. The molecule has 0 bridgehead atoms. The largest absolute Gasteiger partial charge is 0.490 e. The van der Waals surface area contributed by atoms with Crippen LogP contribution in [0.4, 0.5) is 11.4 Å². The van der Waals surface area contributed by atoms with Crippen LogP contribution in [0.25, 0.3) is 0 Å². The predicted molar refractivity (Wildman–Crippen MR) is 106 cm³/mol. The lowest BCUT2D eigenvalue weighted by Gasteiger charge is -2.13. The summed E-state index contributed by atoms with van der Waals surface area (Å²) in [5.41, 5.74) is 1.92. The number of carbonyl (C=O) groups excluding carboxylic acids is 1. The molecule has 28 heavy (non-hydrogen) atoms. The van der Waals surface area contributed by atoms with Gasteiger partial charge in [-0.25, -0.2) is 4.68 Å². The third-order valence-corrected chi connectivity index (χ3v) is 3.97. The molecule has 0 atom stereocenters. The van der Waals surface area contributed by atoms with Gasteiger partial charge in [-0.3, -0.25) is 14.6 Å². The second-order valence-corrected chi connectivity index (χ2v) is 6.00. The maximum absolute atomic E-state index is 12.5. The van der Waals surface area contributed by atoms with Gasteiger partial charge in [0.15, 0.2) is 11.4 Å². The molecule has 8 heteroatoms. The van der Waals surface area contributed by atoms with Gasteiger partial charge in [-0.15, -0.1) is 0 Å². The number of hydrogen-bond donors (Lipinski definition) is 2. The first kappa shape index (κ1) is 19.1. The van der Waals surface area contributed by atoms with Crippen LogP contribution in [0.15, 0.2) is 59.8 Å². The van der Waals surface area contributed by atoms with Crippen LogP contribution in [-0.4, -0.2) is 27.3 Å². The number of aryl methyl sites for hydroxylation is 1. The fourth-order valence-electron chi connectivity index (χ4n) is 2.57. The molecule has 3 aromatic rings. The van der Waals surface area contributed by atoms with E-state index >= 15 is 0 Å². The number of rotatable bonds is 7. The summed E-state index contributed by atoms with van der Waals surface area (Å²) in [7, 11) is 1.56. The van der Waals surface area contributed by atoms with Crippen LogP contribution in [0.2, 0.25) is 0 Å². The molecule has 2 N–H and O–H groups in total. The van der Waals surface area contributed by atoms with E-state index < -0.39 is 0 Å². The number of pyridine rings is 1. The first-order valence-electron chi connectivity index (χ1n) is 8.81. The maximum atomic E-state index is 12.5. The highest BCUT2D eigenvalue weighted by molar-refractivity contribution is 5.95. The Hall–Kier alpha value is -3.68. The van der Waals surface area contributed by atoms with Gasteiger partial charge < -0.3 is 15.4 Å². The highest BCUT2D eigenvalue weighted by Gasteiger charge is 2.13. The Bertz CT molecular complexity index is 1020. The Kier molecular flexibility index (Phi) is 6.01. The van der Waals surface area contributed by atoms with Gasteiger partial charge in [0.25, 0.3) is 11.5 Å². The van der Waals surface area contributed by atoms with Crippen LogP contribution in [-0.2, 0) is 13.6 Å². The Morgan fingerprint density at radius 1 is 1.21 bits per heavy atom. The lowest BCUT2D eigenvalue weighted by molar-refractivity contribution is 0.0951. The molecule has 0 unspecified atom stereocenters. The van der Waals surface area contributed by atoms with E-state index in [1.54, 1.807) is 43.7 Å². The van der Waals surface area contributed by atoms with E-state index in [4.69, 9.17) is 4.74 Å². The number of nitrogens with one attached hydrogen (secondary N) is 2. The number of anilines is 2. The number of ether oxygens (including phenoxy) is 1. The van der Waals surface area contributed by atoms with Crippen LogP contribution in [0.3, 0.4) is 0 Å². The van der Waals surface area contributed by atoms with Gasteiger partial charge in [0.1, 0.15) is 0 Å². The molecule has 0 saturated carbocycles. The van der Waals surface area contributed by atoms with Gasteiger partial charge in [0.05, 0.1) is 12.8 Å². The van der Waals surface area contributed by atoms with Crippen molar-refractivity contribution in [1.82, 2.24) is 20.1 Å². The first-order valence-corrected chi connectivity index (χ1v) is 8.81. The second-order valence-electron chi connectivity index (χ2n) is 6.00. The molecule has 0 aliphatic carbocycles. The number of carbonyl (C=O) groups is 1. The topological polar surface area (TPSA) is 98.1 Å². The van der Waals surface area contributed by atoms with Gasteiger partial charge >= 0.3 is 0 Å². The summed E-state index contributed by atoms with van der Waals surface area (Å²) in [6, 6.07) is 10.6. The molecule has 0 aliphatic rings. The van der Waals surface area contributed by atoms with E-state index in [2.05, 4.69) is 20.7 Å². The zero-order valence-corrected chi connectivity index (χ0v) is 15.7. The number of amides is 1. The molecule has 1 aromatic carbocycles. The monoisotopic (exact) mass is 379 g/mol. The van der Waals surface area contributed by atoms with Crippen molar-refractivity contribution in [1.29, 1.82) is 0 Å². The minimum absolute atomic E-state index is 0.222. The molecule has 1 amide bonds. The molecule has 144 valence electrons. The molecule has 0 radical (unpaired) electrons. The average Bonchev–Trinajstić information content (AvgIpc) is 2.72. The molecule has 3 rings (SSSR count). The van der Waals surface area contributed by atoms with Gasteiger partial charge in [0, 0.05) is 37.2 Å². The third-order valence-electron chi connectivity index (χ3n) is 3.97. The van der Waals surface area contributed by atoms with E-state index in [1.807, 2.05) is 19.1 Å². The third kappa shape index (κ3) is 4.53. The molecule has 2 heterocycles. The van der Waals surface area contributed by atoms with E-state index in [0.717, 1.165) is 5.56 Å². The predicted octanol–water partition coefficient (Wildman–Crippen LogP) is 2.25. The van der Waals surface area contributed by atoms with Crippen LogP contribution >= 0.6 is 0 Å². The maximum Gasteiger partial charge on any atom is 0.294 e. The van der Waals surface area contributed by atoms with Gasteiger partial charge in [-0.1, -0.05) is 12.1 Å². The summed E-state index contributed by atoms with van der Waals surface area (Å²) in [6.45, 7) is 2.61. The zero-order valence-electron chi connectivity index (χ0n) is 15.7. The summed E-state index contributed by atoms with van der Waals surface area (Å²) in [4.78, 5) is 28.9. The molecule has 0 spiro atoms. The molecule has 2 aromatic heterocycles. The summed E-state index contributed by atoms with van der Waals surface area (Å²) >= 11 is 0. The summed E-state index contributed by atoms with van der Waals surface area (Å²) in [6.07, 6.45) is 4.87. The van der Waals surface area contributed by atoms with Crippen molar-refractivity contribution in [3.8, 4) is 5.75 Å². The Labute approximate surface area is 162 Å². The van der Waals surface area contributed by atoms with Gasteiger partial charge in [-0.05, 0) is 36.8 Å². The highest BCUT2D eigenvalue weighted by Crippen LogP contribution is 2.23. The van der Waals surface area contributed by atoms with Crippen LogP contribution in [0.1, 0.15) is 22.8 Å². The van der Waals surface area contributed by atoms with Crippen LogP contribution in [0.5, 0.6) is 5.75 Å². The smallest absolute Gasteiger partial charge is 0.294 e. The quantitative estimate of drug-likeness (QED) is 0.653. The Morgan fingerprint density at radius 2 is 2.07 bits per heavy atom. The van der Waals surface area contributed by atoms with Gasteiger partial charge in [-0.2, -0.15) is 5.10 Å². The molecule has 0 aliphatic heterocycles. The molecular weight excluding hydrogens is 358 g/mol. The van der Waals surface area contributed by atoms with Crippen molar-refractivity contribution >= 4 is 17.3 Å². The van der Waals surface area contributed by atoms with Crippen molar-refractivity contribution in [2.45, 2.75) is 13.5 Å². The van der Waals surface area contributed by atoms with Gasteiger partial charge in [0.2, 0.25) is 0 Å². The van der Waals surface area contributed by atoms with Crippen molar-refractivity contribution in [2.24, 2.45) is 7.05 Å². The Morgan fingerprint density at radius 3 is 2.82 bits per heavy atom. The number of benzene rings is 1.